The highest BCUT2D eigenvalue weighted by molar-refractivity contribution is 6.33. The normalized spacial score (nSPS) is 20.8. The minimum atomic E-state index is -0.331. The van der Waals surface area contributed by atoms with E-state index in [2.05, 4.69) is 0 Å². The van der Waals surface area contributed by atoms with E-state index < -0.39 is 0 Å². The van der Waals surface area contributed by atoms with Crippen molar-refractivity contribution in [3.05, 3.63) is 38.7 Å². The Morgan fingerprint density at radius 3 is 2.73 bits per heavy atom. The van der Waals surface area contributed by atoms with Crippen molar-refractivity contribution in [2.24, 2.45) is 0 Å². The molecule has 1 aromatic carbocycles. The number of ether oxygens (including phenoxy) is 2. The number of nitrogens with one attached hydrogen (secondary N) is 2. The topological polar surface area (TPSA) is 57.5 Å². The van der Waals surface area contributed by atoms with E-state index in [0.717, 1.165) is 68.9 Å². The van der Waals surface area contributed by atoms with Gasteiger partial charge >= 0.3 is 5.63 Å². The molecule has 2 aromatic rings. The van der Waals surface area contributed by atoms with Crippen LogP contribution in [0.25, 0.3) is 11.0 Å². The number of halogens is 1. The number of fused-ring (bicyclic) bond motifs is 3. The van der Waals surface area contributed by atoms with Crippen LogP contribution in [0.1, 0.15) is 17.5 Å². The molecule has 7 heteroatoms. The number of hydrogen-bond donors (Lipinski definition) is 2. The summed E-state index contributed by atoms with van der Waals surface area (Å²) in [6.45, 7) is 9.36. The summed E-state index contributed by atoms with van der Waals surface area (Å²) < 4.78 is 16.9. The molecule has 26 heavy (non-hydrogen) atoms. The Morgan fingerprint density at radius 2 is 1.92 bits per heavy atom. The molecule has 2 aliphatic rings. The van der Waals surface area contributed by atoms with Crippen LogP contribution < -0.4 is 20.2 Å². The van der Waals surface area contributed by atoms with Gasteiger partial charge in [-0.25, -0.2) is 4.79 Å². The molecule has 0 aliphatic carbocycles. The molecule has 0 amide bonds. The van der Waals surface area contributed by atoms with Gasteiger partial charge in [0.2, 0.25) is 6.73 Å². The zero-order valence-corrected chi connectivity index (χ0v) is 15.8. The van der Waals surface area contributed by atoms with Crippen LogP contribution in [0.4, 0.5) is 0 Å². The number of morpholine rings is 1. The van der Waals surface area contributed by atoms with Crippen LogP contribution in [0.5, 0.6) is 5.75 Å². The van der Waals surface area contributed by atoms with Gasteiger partial charge in [-0.1, -0.05) is 11.6 Å². The van der Waals surface area contributed by atoms with E-state index >= 15 is 0 Å². The maximum absolute atomic E-state index is 11.8. The lowest BCUT2D eigenvalue weighted by molar-refractivity contribution is -0.942. The highest BCUT2D eigenvalue weighted by atomic mass is 35.5. The molecule has 1 unspecified atom stereocenters. The first-order chi connectivity index (χ1) is 12.6. The van der Waals surface area contributed by atoms with E-state index in [1.54, 1.807) is 4.90 Å². The molecule has 1 fully saturated rings. The molecule has 140 valence electrons. The van der Waals surface area contributed by atoms with E-state index in [0.29, 0.717) is 23.1 Å². The van der Waals surface area contributed by atoms with Crippen molar-refractivity contribution in [3.8, 4) is 5.75 Å². The summed E-state index contributed by atoms with van der Waals surface area (Å²) >= 11 is 6.42. The second kappa shape index (κ2) is 7.56. The van der Waals surface area contributed by atoms with Crippen molar-refractivity contribution in [1.29, 1.82) is 0 Å². The summed E-state index contributed by atoms with van der Waals surface area (Å²) in [4.78, 5) is 14.8. The van der Waals surface area contributed by atoms with Gasteiger partial charge in [0, 0.05) is 17.9 Å². The first-order valence-electron chi connectivity index (χ1n) is 9.25. The van der Waals surface area contributed by atoms with Crippen LogP contribution in [0.3, 0.4) is 0 Å². The molecule has 0 spiro atoms. The molecule has 0 bridgehead atoms. The maximum atomic E-state index is 11.8. The minimum absolute atomic E-state index is 0.331. The van der Waals surface area contributed by atoms with E-state index in [9.17, 15) is 4.79 Å². The van der Waals surface area contributed by atoms with Gasteiger partial charge in [0.15, 0.2) is 11.3 Å². The molecular weight excluding hydrogens is 356 g/mol. The van der Waals surface area contributed by atoms with E-state index in [4.69, 9.17) is 25.5 Å². The zero-order valence-electron chi connectivity index (χ0n) is 15.0. The largest absolute Gasteiger partial charge is 0.443 e. The first kappa shape index (κ1) is 17.8. The smallest absolute Gasteiger partial charge is 0.336 e. The maximum Gasteiger partial charge on any atom is 0.336 e. The van der Waals surface area contributed by atoms with Crippen molar-refractivity contribution in [3.63, 3.8) is 0 Å². The van der Waals surface area contributed by atoms with Gasteiger partial charge in [-0.15, -0.1) is 0 Å². The standard InChI is InChI=1S/C19H23ClN2O4/c1-13-9-17(23)26-18-14(13)10-16(20)19-15(18)11-22(12-25-19)4-2-3-21-5-7-24-8-6-21/h9-10H,2-8,11-12H2,1H3/p+2. The van der Waals surface area contributed by atoms with Crippen molar-refractivity contribution in [2.45, 2.75) is 19.9 Å². The van der Waals surface area contributed by atoms with Crippen LogP contribution in [-0.4, -0.2) is 46.1 Å². The fraction of sp³-hybridized carbons (Fsp3) is 0.526. The Hall–Kier alpha value is -1.60. The second-order valence-electron chi connectivity index (χ2n) is 7.22. The summed E-state index contributed by atoms with van der Waals surface area (Å²) in [6.07, 6.45) is 1.13. The number of aryl methyl sites for hydroxylation is 1. The van der Waals surface area contributed by atoms with Crippen LogP contribution in [0.2, 0.25) is 5.02 Å². The molecule has 0 saturated carbocycles. The molecule has 3 heterocycles. The average Bonchev–Trinajstić information content (AvgIpc) is 2.64. The fourth-order valence-corrected chi connectivity index (χ4v) is 4.19. The van der Waals surface area contributed by atoms with Crippen LogP contribution in [0, 0.1) is 6.92 Å². The van der Waals surface area contributed by atoms with Gasteiger partial charge in [0.25, 0.3) is 0 Å². The SMILES string of the molecule is Cc1cc(=O)oc2c3c(c(Cl)cc12)OC[NH+](CCC[NH+]1CCOCC1)C3. The lowest BCUT2D eigenvalue weighted by atomic mass is 10.0. The Morgan fingerprint density at radius 1 is 1.15 bits per heavy atom. The monoisotopic (exact) mass is 380 g/mol. The minimum Gasteiger partial charge on any atom is -0.443 e. The van der Waals surface area contributed by atoms with Gasteiger partial charge in [-0.2, -0.15) is 0 Å². The Bertz CT molecular complexity index is 861. The first-order valence-corrected chi connectivity index (χ1v) is 9.63. The molecule has 0 radical (unpaired) electrons. The highest BCUT2D eigenvalue weighted by Gasteiger charge is 2.27. The van der Waals surface area contributed by atoms with Gasteiger partial charge in [-0.05, 0) is 18.6 Å². The summed E-state index contributed by atoms with van der Waals surface area (Å²) in [6, 6.07) is 3.34. The molecule has 6 nitrogen and oxygen atoms in total. The zero-order chi connectivity index (χ0) is 18.1. The molecule has 2 aliphatic heterocycles. The second-order valence-corrected chi connectivity index (χ2v) is 7.63. The van der Waals surface area contributed by atoms with E-state index in [-0.39, 0.29) is 5.63 Å². The number of quaternary nitrogens is 2. The summed E-state index contributed by atoms with van der Waals surface area (Å²) in [5, 5.41) is 1.47. The van der Waals surface area contributed by atoms with Gasteiger partial charge in [0.05, 0.1) is 36.9 Å². The molecule has 1 atom stereocenters. The highest BCUT2D eigenvalue weighted by Crippen LogP contribution is 2.36. The lowest BCUT2D eigenvalue weighted by Crippen LogP contribution is -3.16. The Kier molecular flexibility index (Phi) is 5.18. The number of hydrogen-bond acceptors (Lipinski definition) is 4. The predicted molar refractivity (Wildman–Crippen MR) is 98.3 cm³/mol. The summed E-state index contributed by atoms with van der Waals surface area (Å²) in [5.41, 5.74) is 2.07. The third-order valence-corrected chi connectivity index (χ3v) is 5.63. The van der Waals surface area contributed by atoms with E-state index in [1.807, 2.05) is 13.0 Å². The van der Waals surface area contributed by atoms with E-state index in [1.165, 1.54) is 11.0 Å². The quantitative estimate of drug-likeness (QED) is 0.721. The molecule has 1 saturated heterocycles. The van der Waals surface area contributed by atoms with Crippen molar-refractivity contribution >= 4 is 22.6 Å². The number of benzene rings is 1. The third kappa shape index (κ3) is 3.60. The average molecular weight is 381 g/mol. The molecule has 1 aromatic heterocycles. The van der Waals surface area contributed by atoms with Crippen LogP contribution in [-0.2, 0) is 11.3 Å². The summed E-state index contributed by atoms with van der Waals surface area (Å²) in [5.74, 6) is 0.662. The van der Waals surface area contributed by atoms with Crippen molar-refractivity contribution in [2.75, 3.05) is 46.1 Å². The Labute approximate surface area is 157 Å². The lowest BCUT2D eigenvalue weighted by Gasteiger charge is -2.28. The summed E-state index contributed by atoms with van der Waals surface area (Å²) in [7, 11) is 0. The van der Waals surface area contributed by atoms with Gasteiger partial charge in [-0.3, -0.25) is 4.90 Å². The molecule has 4 rings (SSSR count). The molecular formula is C19H25ClN2O4+2. The predicted octanol–water partition coefficient (Wildman–Crippen LogP) is -0.205. The van der Waals surface area contributed by atoms with Crippen molar-refractivity contribution < 1.29 is 23.7 Å². The van der Waals surface area contributed by atoms with Gasteiger partial charge < -0.3 is 18.8 Å². The van der Waals surface area contributed by atoms with Crippen molar-refractivity contribution in [1.82, 2.24) is 0 Å². The van der Waals surface area contributed by atoms with Crippen LogP contribution >= 0.6 is 11.6 Å². The number of rotatable bonds is 4. The Balaban J connectivity index is 1.51. The molecule has 2 N–H and O–H groups in total. The third-order valence-electron chi connectivity index (χ3n) is 5.35. The fourth-order valence-electron chi connectivity index (χ4n) is 3.91. The van der Waals surface area contributed by atoms with Gasteiger partial charge in [0.1, 0.15) is 19.6 Å². The van der Waals surface area contributed by atoms with Crippen LogP contribution in [0.15, 0.2) is 21.3 Å².